The van der Waals surface area contributed by atoms with Gasteiger partial charge in [-0.05, 0) is 41.8 Å². The molecule has 0 amide bonds. The van der Waals surface area contributed by atoms with E-state index in [-0.39, 0.29) is 0 Å². The molecule has 0 fully saturated rings. The summed E-state index contributed by atoms with van der Waals surface area (Å²) >= 11 is 0. The summed E-state index contributed by atoms with van der Waals surface area (Å²) < 4.78 is 5.41. The Bertz CT molecular complexity index is 606. The van der Waals surface area contributed by atoms with Crippen LogP contribution in [-0.4, -0.2) is 22.2 Å². The number of carbonyl (C=O) groups is 1. The molecule has 0 aliphatic rings. The Morgan fingerprint density at radius 3 is 2.24 bits per heavy atom. The highest BCUT2D eigenvalue weighted by Gasteiger charge is 2.16. The van der Waals surface area contributed by atoms with Gasteiger partial charge >= 0.3 is 5.97 Å². The van der Waals surface area contributed by atoms with Crippen molar-refractivity contribution in [3.05, 3.63) is 59.9 Å². The van der Waals surface area contributed by atoms with Crippen LogP contribution in [0.25, 0.3) is 12.2 Å². The number of aromatic nitrogens is 1. The molecule has 0 aliphatic heterocycles. The number of carboxylic acid groups (broad SMARTS) is 1. The van der Waals surface area contributed by atoms with Gasteiger partial charge in [0.25, 0.3) is 0 Å². The van der Waals surface area contributed by atoms with Crippen LogP contribution in [0, 0.1) is 0 Å². The average molecular weight is 283 g/mol. The molecule has 0 saturated carbocycles. The zero-order chi connectivity index (χ0) is 15.1. The summed E-state index contributed by atoms with van der Waals surface area (Å²) in [5.41, 5.74) is 2.09. The molecule has 0 bridgehead atoms. The lowest BCUT2D eigenvalue weighted by atomic mass is 10.1. The Morgan fingerprint density at radius 1 is 1.14 bits per heavy atom. The Kier molecular flexibility index (Phi) is 5.10. The molecule has 0 radical (unpaired) electrons. The molecule has 0 saturated heterocycles. The molecular formula is C17H17NO3. The van der Waals surface area contributed by atoms with Gasteiger partial charge in [0.2, 0.25) is 0 Å². The van der Waals surface area contributed by atoms with Crippen LogP contribution in [0.1, 0.15) is 24.5 Å². The summed E-state index contributed by atoms with van der Waals surface area (Å²) in [6, 6.07) is 11.2. The summed E-state index contributed by atoms with van der Waals surface area (Å²) in [4.78, 5) is 14.9. The number of ether oxygens (including phenoxy) is 1. The van der Waals surface area contributed by atoms with Crippen molar-refractivity contribution in [3.63, 3.8) is 0 Å². The first-order valence-electron chi connectivity index (χ1n) is 6.76. The van der Waals surface area contributed by atoms with E-state index in [0.717, 1.165) is 11.1 Å². The first-order chi connectivity index (χ1) is 10.2. The fourth-order valence-corrected chi connectivity index (χ4v) is 1.80. The largest absolute Gasteiger partial charge is 0.479 e. The van der Waals surface area contributed by atoms with E-state index in [1.165, 1.54) is 0 Å². The molecule has 1 heterocycles. The highest BCUT2D eigenvalue weighted by atomic mass is 16.5. The van der Waals surface area contributed by atoms with Crippen LogP contribution in [0.3, 0.4) is 0 Å². The van der Waals surface area contributed by atoms with Gasteiger partial charge in [-0.15, -0.1) is 0 Å². The number of aliphatic carboxylic acids is 1. The smallest absolute Gasteiger partial charge is 0.344 e. The van der Waals surface area contributed by atoms with Crippen molar-refractivity contribution in [1.82, 2.24) is 4.98 Å². The molecule has 1 unspecified atom stereocenters. The summed E-state index contributed by atoms with van der Waals surface area (Å²) in [5.74, 6) is -0.385. The molecule has 108 valence electrons. The highest BCUT2D eigenvalue weighted by Crippen LogP contribution is 2.16. The van der Waals surface area contributed by atoms with E-state index in [1.807, 2.05) is 36.4 Å². The molecule has 2 rings (SSSR count). The fraction of sp³-hybridized carbons (Fsp3) is 0.176. The van der Waals surface area contributed by atoms with Crippen LogP contribution in [0.4, 0.5) is 0 Å². The molecule has 1 aromatic carbocycles. The first kappa shape index (κ1) is 14.8. The minimum absolute atomic E-state index is 0.430. The van der Waals surface area contributed by atoms with Gasteiger partial charge in [0.1, 0.15) is 5.75 Å². The van der Waals surface area contributed by atoms with Gasteiger partial charge in [-0.1, -0.05) is 31.2 Å². The Morgan fingerprint density at radius 2 is 1.71 bits per heavy atom. The minimum atomic E-state index is -0.945. The predicted octanol–water partition coefficient (Wildman–Crippen LogP) is 3.49. The van der Waals surface area contributed by atoms with E-state index in [2.05, 4.69) is 4.98 Å². The van der Waals surface area contributed by atoms with Crippen molar-refractivity contribution in [2.75, 3.05) is 0 Å². The van der Waals surface area contributed by atoms with E-state index in [4.69, 9.17) is 9.84 Å². The van der Waals surface area contributed by atoms with E-state index >= 15 is 0 Å². The number of hydrogen-bond donors (Lipinski definition) is 1. The van der Waals surface area contributed by atoms with Crippen molar-refractivity contribution in [1.29, 1.82) is 0 Å². The predicted molar refractivity (Wildman–Crippen MR) is 81.9 cm³/mol. The van der Waals surface area contributed by atoms with Gasteiger partial charge in [0.05, 0.1) is 0 Å². The van der Waals surface area contributed by atoms with Crippen molar-refractivity contribution >= 4 is 18.1 Å². The van der Waals surface area contributed by atoms with Gasteiger partial charge in [-0.2, -0.15) is 0 Å². The number of hydrogen-bond acceptors (Lipinski definition) is 3. The van der Waals surface area contributed by atoms with Crippen LogP contribution in [0.5, 0.6) is 5.75 Å². The van der Waals surface area contributed by atoms with Crippen LogP contribution in [0.15, 0.2) is 48.8 Å². The number of benzene rings is 1. The second kappa shape index (κ2) is 7.24. The molecule has 2 aromatic rings. The monoisotopic (exact) mass is 283 g/mol. The second-order valence-electron chi connectivity index (χ2n) is 4.54. The zero-order valence-electron chi connectivity index (χ0n) is 11.8. The third kappa shape index (κ3) is 4.45. The van der Waals surface area contributed by atoms with Gasteiger partial charge in [0, 0.05) is 12.4 Å². The molecule has 4 nitrogen and oxygen atoms in total. The second-order valence-corrected chi connectivity index (χ2v) is 4.54. The maximum absolute atomic E-state index is 10.9. The number of rotatable bonds is 6. The van der Waals surface area contributed by atoms with Crippen LogP contribution < -0.4 is 4.74 Å². The summed E-state index contributed by atoms with van der Waals surface area (Å²) in [5, 5.41) is 8.96. The van der Waals surface area contributed by atoms with Gasteiger partial charge in [0.15, 0.2) is 6.10 Å². The van der Waals surface area contributed by atoms with Crippen molar-refractivity contribution < 1.29 is 14.6 Å². The maximum Gasteiger partial charge on any atom is 0.344 e. The number of pyridine rings is 1. The fourth-order valence-electron chi connectivity index (χ4n) is 1.80. The van der Waals surface area contributed by atoms with E-state index in [9.17, 15) is 4.79 Å². The van der Waals surface area contributed by atoms with E-state index < -0.39 is 12.1 Å². The highest BCUT2D eigenvalue weighted by molar-refractivity contribution is 5.73. The molecule has 4 heteroatoms. The summed E-state index contributed by atoms with van der Waals surface area (Å²) in [7, 11) is 0. The third-order valence-electron chi connectivity index (χ3n) is 2.98. The molecule has 1 atom stereocenters. The maximum atomic E-state index is 10.9. The molecule has 1 aromatic heterocycles. The minimum Gasteiger partial charge on any atom is -0.479 e. The van der Waals surface area contributed by atoms with Crippen LogP contribution in [-0.2, 0) is 4.79 Å². The lowest BCUT2D eigenvalue weighted by Gasteiger charge is -2.12. The van der Waals surface area contributed by atoms with Gasteiger partial charge < -0.3 is 9.84 Å². The van der Waals surface area contributed by atoms with E-state index in [0.29, 0.717) is 12.2 Å². The van der Waals surface area contributed by atoms with Gasteiger partial charge in [-0.25, -0.2) is 4.79 Å². The van der Waals surface area contributed by atoms with Crippen LogP contribution in [0.2, 0.25) is 0 Å². The van der Waals surface area contributed by atoms with Crippen molar-refractivity contribution in [2.45, 2.75) is 19.4 Å². The first-order valence-corrected chi connectivity index (χ1v) is 6.76. The lowest BCUT2D eigenvalue weighted by molar-refractivity contribution is -0.145. The lowest BCUT2D eigenvalue weighted by Crippen LogP contribution is -2.25. The standard InChI is InChI=1S/C17H17NO3/c1-2-16(17(19)20)21-15-7-5-13(6-8-15)3-4-14-9-11-18-12-10-14/h3-12,16H,2H2,1H3,(H,19,20)/b4-3+. The number of carboxylic acids is 1. The summed E-state index contributed by atoms with van der Waals surface area (Å²) in [6.45, 7) is 1.78. The molecule has 0 spiro atoms. The Hall–Kier alpha value is -2.62. The Balaban J connectivity index is 2.02. The summed E-state index contributed by atoms with van der Waals surface area (Å²) in [6.07, 6.45) is 7.08. The third-order valence-corrected chi connectivity index (χ3v) is 2.98. The molecular weight excluding hydrogens is 266 g/mol. The Labute approximate surface area is 123 Å². The molecule has 1 N–H and O–H groups in total. The average Bonchev–Trinajstić information content (AvgIpc) is 2.52. The number of nitrogens with zero attached hydrogens (tertiary/aromatic N) is 1. The van der Waals surface area contributed by atoms with Gasteiger partial charge in [-0.3, -0.25) is 4.98 Å². The van der Waals surface area contributed by atoms with E-state index in [1.54, 1.807) is 31.5 Å². The van der Waals surface area contributed by atoms with Crippen molar-refractivity contribution in [2.24, 2.45) is 0 Å². The SMILES string of the molecule is CCC(Oc1ccc(/C=C/c2ccncc2)cc1)C(=O)O. The quantitative estimate of drug-likeness (QED) is 0.881. The molecule has 0 aliphatic carbocycles. The topological polar surface area (TPSA) is 59.4 Å². The normalized spacial score (nSPS) is 12.2. The van der Waals surface area contributed by atoms with Crippen LogP contribution >= 0.6 is 0 Å². The molecule has 21 heavy (non-hydrogen) atoms. The van der Waals surface area contributed by atoms with Crippen molar-refractivity contribution in [3.8, 4) is 5.75 Å². The zero-order valence-corrected chi connectivity index (χ0v) is 11.8.